The van der Waals surface area contributed by atoms with Crippen molar-refractivity contribution < 1.29 is 14.7 Å². The van der Waals surface area contributed by atoms with Crippen LogP contribution in [0.3, 0.4) is 0 Å². The van der Waals surface area contributed by atoms with Crippen LogP contribution in [0.15, 0.2) is 47.7 Å². The summed E-state index contributed by atoms with van der Waals surface area (Å²) >= 11 is 1.64. The molecule has 0 bridgehead atoms. The maximum absolute atomic E-state index is 12.3. The Labute approximate surface area is 218 Å². The summed E-state index contributed by atoms with van der Waals surface area (Å²) in [6.45, 7) is 9.41. The van der Waals surface area contributed by atoms with Crippen LogP contribution in [0.25, 0.3) is 16.1 Å². The lowest BCUT2D eigenvalue weighted by atomic mass is 9.95. The number of hydrogen-bond acceptors (Lipinski definition) is 7. The Bertz CT molecular complexity index is 1570. The number of aryl methyl sites for hydroxylation is 2. The Morgan fingerprint density at radius 1 is 1.05 bits per heavy atom. The number of rotatable bonds is 6. The Morgan fingerprint density at radius 2 is 1.76 bits per heavy atom. The number of pyridine rings is 1. The van der Waals surface area contributed by atoms with Crippen molar-refractivity contribution in [3.05, 3.63) is 81.5 Å². The Morgan fingerprint density at radius 3 is 2.41 bits per heavy atom. The van der Waals surface area contributed by atoms with Gasteiger partial charge >= 0.3 is 5.97 Å². The van der Waals surface area contributed by atoms with E-state index in [1.54, 1.807) is 23.7 Å². The minimum Gasteiger partial charge on any atom is -0.481 e. The van der Waals surface area contributed by atoms with Crippen molar-refractivity contribution in [3.8, 4) is 16.1 Å². The monoisotopic (exact) mass is 513 g/mol. The van der Waals surface area contributed by atoms with Crippen molar-refractivity contribution in [3.63, 3.8) is 0 Å². The number of thiophene rings is 1. The van der Waals surface area contributed by atoms with Crippen molar-refractivity contribution in [1.82, 2.24) is 19.7 Å². The molecule has 9 heteroatoms. The minimum absolute atomic E-state index is 0.0353. The van der Waals surface area contributed by atoms with Crippen molar-refractivity contribution >= 4 is 28.8 Å². The number of Topliss-reactive ketones (excluding diaryl/α,β-unsaturated/α-hetero) is 1. The van der Waals surface area contributed by atoms with Gasteiger partial charge in [0.25, 0.3) is 0 Å². The molecule has 3 aromatic heterocycles. The van der Waals surface area contributed by atoms with Crippen molar-refractivity contribution in [2.75, 3.05) is 0 Å². The number of aromatic nitrogens is 4. The summed E-state index contributed by atoms with van der Waals surface area (Å²) in [5, 5.41) is 19.7. The predicted octanol–water partition coefficient (Wildman–Crippen LogP) is 5.52. The second-order valence-electron chi connectivity index (χ2n) is 9.28. The Kier molecular flexibility index (Phi) is 6.33. The van der Waals surface area contributed by atoms with Crippen molar-refractivity contribution in [1.29, 1.82) is 0 Å². The normalized spacial score (nSPS) is 15.4. The van der Waals surface area contributed by atoms with Gasteiger partial charge in [-0.05, 0) is 51.3 Å². The zero-order chi connectivity index (χ0) is 26.4. The van der Waals surface area contributed by atoms with Gasteiger partial charge in [0.05, 0.1) is 11.6 Å². The number of carboxylic acid groups (broad SMARTS) is 1. The third-order valence-electron chi connectivity index (χ3n) is 6.96. The molecule has 4 heterocycles. The molecule has 0 radical (unpaired) electrons. The summed E-state index contributed by atoms with van der Waals surface area (Å²) < 4.78 is 1.97. The van der Waals surface area contributed by atoms with Gasteiger partial charge in [0, 0.05) is 39.5 Å². The van der Waals surface area contributed by atoms with Gasteiger partial charge in [-0.15, -0.1) is 21.5 Å². The molecule has 5 rings (SSSR count). The number of aliphatic imine (C=N–C) groups is 1. The molecular formula is C28H27N5O3S. The van der Waals surface area contributed by atoms with E-state index in [4.69, 9.17) is 4.99 Å². The fraction of sp³-hybridized carbons (Fsp3) is 0.286. The zero-order valence-corrected chi connectivity index (χ0v) is 22.1. The lowest BCUT2D eigenvalue weighted by molar-refractivity contribution is -0.142. The Hall–Kier alpha value is -3.98. The van der Waals surface area contributed by atoms with E-state index in [-0.39, 0.29) is 5.78 Å². The topological polar surface area (TPSA) is 110 Å². The van der Waals surface area contributed by atoms with Gasteiger partial charge in [0.1, 0.15) is 16.9 Å². The van der Waals surface area contributed by atoms with Crippen LogP contribution < -0.4 is 0 Å². The van der Waals surface area contributed by atoms with E-state index in [9.17, 15) is 14.7 Å². The van der Waals surface area contributed by atoms with Crippen molar-refractivity contribution in [2.24, 2.45) is 10.9 Å². The second-order valence-corrected chi connectivity index (χ2v) is 10.5. The summed E-state index contributed by atoms with van der Waals surface area (Å²) in [7, 11) is 0. The van der Waals surface area contributed by atoms with E-state index < -0.39 is 17.9 Å². The van der Waals surface area contributed by atoms with Crippen LogP contribution in [0.5, 0.6) is 0 Å². The molecule has 1 unspecified atom stereocenters. The molecular weight excluding hydrogens is 486 g/mol. The van der Waals surface area contributed by atoms with Gasteiger partial charge in [-0.2, -0.15) is 0 Å². The number of carbonyl (C=O) groups is 2. The quantitative estimate of drug-likeness (QED) is 0.340. The molecule has 37 heavy (non-hydrogen) atoms. The standard InChI is InChI=1S/C28H27N5O3S/c1-6-22(28(35)36)25-26-32-31-17(5)33(26)27-23(14(2)16(4)37-27)24(30-25)19-9-7-18(8-10-19)21-11-20(15(3)34)12-29-13-21/h7-13,22,25H,6H2,1-5H3,(H,35,36)/t22-,25?/m0/s1. The summed E-state index contributed by atoms with van der Waals surface area (Å²) in [6.07, 6.45) is 3.71. The lowest BCUT2D eigenvalue weighted by Crippen LogP contribution is -2.23. The first-order valence-electron chi connectivity index (χ1n) is 12.1. The van der Waals surface area contributed by atoms with Gasteiger partial charge in [-0.3, -0.25) is 24.1 Å². The van der Waals surface area contributed by atoms with Crippen molar-refractivity contribution in [2.45, 2.75) is 47.1 Å². The molecule has 0 saturated heterocycles. The Balaban J connectivity index is 1.69. The number of carboxylic acids is 1. The predicted molar refractivity (Wildman–Crippen MR) is 143 cm³/mol. The van der Waals surface area contributed by atoms with Crippen LogP contribution in [0.1, 0.15) is 69.9 Å². The number of aliphatic carboxylic acids is 1. The summed E-state index contributed by atoms with van der Waals surface area (Å²) in [4.78, 5) is 34.6. The number of nitrogens with zero attached hydrogens (tertiary/aromatic N) is 5. The fourth-order valence-corrected chi connectivity index (χ4v) is 5.97. The van der Waals surface area contributed by atoms with Gasteiger partial charge in [-0.1, -0.05) is 31.2 Å². The highest BCUT2D eigenvalue weighted by Crippen LogP contribution is 2.41. The smallest absolute Gasteiger partial charge is 0.309 e. The third kappa shape index (κ3) is 4.19. The fourth-order valence-electron chi connectivity index (χ4n) is 4.76. The number of fused-ring (bicyclic) bond motifs is 3. The number of benzene rings is 1. The highest BCUT2D eigenvalue weighted by atomic mass is 32.1. The average Bonchev–Trinajstić information content (AvgIpc) is 3.35. The number of ketones is 1. The molecule has 2 atom stereocenters. The highest BCUT2D eigenvalue weighted by Gasteiger charge is 2.37. The molecule has 188 valence electrons. The molecule has 1 aliphatic heterocycles. The third-order valence-corrected chi connectivity index (χ3v) is 8.16. The molecule has 0 aliphatic carbocycles. The first-order chi connectivity index (χ1) is 17.7. The minimum atomic E-state index is -0.908. The summed E-state index contributed by atoms with van der Waals surface area (Å²) in [6, 6.07) is 9.08. The molecule has 1 aliphatic rings. The summed E-state index contributed by atoms with van der Waals surface area (Å²) in [5.74, 6) is -0.436. The number of carbonyl (C=O) groups excluding carboxylic acids is 1. The van der Waals surface area contributed by atoms with Crippen LogP contribution >= 0.6 is 11.3 Å². The van der Waals surface area contributed by atoms with Gasteiger partial charge < -0.3 is 5.11 Å². The highest BCUT2D eigenvalue weighted by molar-refractivity contribution is 7.15. The van der Waals surface area contributed by atoms with Gasteiger partial charge in [0.15, 0.2) is 11.6 Å². The average molecular weight is 514 g/mol. The molecule has 0 amide bonds. The van der Waals surface area contributed by atoms with E-state index in [0.29, 0.717) is 23.6 Å². The van der Waals surface area contributed by atoms with Crippen LogP contribution in [0.2, 0.25) is 0 Å². The van der Waals surface area contributed by atoms with Gasteiger partial charge in [0.2, 0.25) is 0 Å². The van der Waals surface area contributed by atoms with Crippen LogP contribution in [0, 0.1) is 26.7 Å². The van der Waals surface area contributed by atoms with E-state index in [1.165, 1.54) is 6.92 Å². The maximum Gasteiger partial charge on any atom is 0.309 e. The molecule has 0 fully saturated rings. The molecule has 1 N–H and O–H groups in total. The van der Waals surface area contributed by atoms with E-state index in [2.05, 4.69) is 29.0 Å². The second kappa shape index (κ2) is 9.48. The molecule has 4 aromatic rings. The van der Waals surface area contributed by atoms with Crippen LogP contribution in [-0.2, 0) is 4.79 Å². The molecule has 8 nitrogen and oxygen atoms in total. The summed E-state index contributed by atoms with van der Waals surface area (Å²) in [5.41, 5.74) is 6.03. The molecule has 0 saturated carbocycles. The largest absolute Gasteiger partial charge is 0.481 e. The maximum atomic E-state index is 12.3. The lowest BCUT2D eigenvalue weighted by Gasteiger charge is -2.19. The zero-order valence-electron chi connectivity index (χ0n) is 21.3. The molecule has 0 spiro atoms. The van der Waals surface area contributed by atoms with E-state index in [0.717, 1.165) is 43.4 Å². The first kappa shape index (κ1) is 24.7. The SMILES string of the molecule is CC[C@H](C(=O)O)C1N=C(c2ccc(-c3cncc(C(C)=O)c3)cc2)c2c(sc(C)c2C)-n2c(C)nnc21. The van der Waals surface area contributed by atoms with E-state index >= 15 is 0 Å². The first-order valence-corrected chi connectivity index (χ1v) is 12.9. The van der Waals surface area contributed by atoms with Crippen LogP contribution in [-0.4, -0.2) is 42.3 Å². The van der Waals surface area contributed by atoms with E-state index in [1.807, 2.05) is 48.7 Å². The van der Waals surface area contributed by atoms with Crippen LogP contribution in [0.4, 0.5) is 0 Å². The van der Waals surface area contributed by atoms with Gasteiger partial charge in [-0.25, -0.2) is 0 Å². The molecule has 1 aromatic carbocycles. The number of hydrogen-bond donors (Lipinski definition) is 1.